The zero-order valence-electron chi connectivity index (χ0n) is 9.23. The third kappa shape index (κ3) is 19.3. The highest BCUT2D eigenvalue weighted by Crippen LogP contribution is 1.97. The van der Waals surface area contributed by atoms with E-state index in [1.54, 1.807) is 14.2 Å². The number of aliphatic hydroxyl groups is 1. The van der Waals surface area contributed by atoms with E-state index in [4.69, 9.17) is 10.2 Å². The molecule has 1 atom stereocenters. The van der Waals surface area contributed by atoms with Crippen molar-refractivity contribution in [3.8, 4) is 0 Å². The quantitative estimate of drug-likeness (QED) is 0.638. The SMILES string of the molecule is CC(=O)OCC(O)CCC(=O)O.COC. The van der Waals surface area contributed by atoms with Crippen LogP contribution in [0.5, 0.6) is 0 Å². The summed E-state index contributed by atoms with van der Waals surface area (Å²) in [5.74, 6) is -1.46. The number of aliphatic carboxylic acids is 1. The molecule has 0 bridgehead atoms. The van der Waals surface area contributed by atoms with Crippen LogP contribution in [0.25, 0.3) is 0 Å². The lowest BCUT2D eigenvalue weighted by atomic mass is 10.2. The second-order valence-electron chi connectivity index (χ2n) is 2.80. The molecule has 0 amide bonds. The molecule has 0 radical (unpaired) electrons. The van der Waals surface area contributed by atoms with Gasteiger partial charge in [-0.25, -0.2) is 0 Å². The summed E-state index contributed by atoms with van der Waals surface area (Å²) in [5.41, 5.74) is 0. The van der Waals surface area contributed by atoms with E-state index in [1.165, 1.54) is 6.92 Å². The molecule has 6 heteroatoms. The molecular formula is C9H18O6. The molecule has 0 aliphatic heterocycles. The molecule has 0 rings (SSSR count). The fraction of sp³-hybridized carbons (Fsp3) is 0.778. The minimum atomic E-state index is -0.975. The minimum absolute atomic E-state index is 0.0998. The Hall–Kier alpha value is -1.14. The Balaban J connectivity index is 0. The van der Waals surface area contributed by atoms with Crippen LogP contribution >= 0.6 is 0 Å². The van der Waals surface area contributed by atoms with Crippen molar-refractivity contribution in [3.05, 3.63) is 0 Å². The van der Waals surface area contributed by atoms with Crippen molar-refractivity contribution in [1.82, 2.24) is 0 Å². The van der Waals surface area contributed by atoms with Gasteiger partial charge in [-0.1, -0.05) is 0 Å². The minimum Gasteiger partial charge on any atom is -0.481 e. The summed E-state index contributed by atoms with van der Waals surface area (Å²) in [4.78, 5) is 20.3. The van der Waals surface area contributed by atoms with Crippen LogP contribution < -0.4 is 0 Å². The third-order valence-corrected chi connectivity index (χ3v) is 1.17. The highest BCUT2D eigenvalue weighted by molar-refractivity contribution is 5.67. The van der Waals surface area contributed by atoms with Gasteiger partial charge in [-0.15, -0.1) is 0 Å². The zero-order chi connectivity index (χ0) is 12.3. The van der Waals surface area contributed by atoms with Gasteiger partial charge in [-0.05, 0) is 6.42 Å². The summed E-state index contributed by atoms with van der Waals surface area (Å²) in [5, 5.41) is 17.2. The van der Waals surface area contributed by atoms with Gasteiger partial charge in [0, 0.05) is 27.6 Å². The van der Waals surface area contributed by atoms with Crippen LogP contribution in [0.4, 0.5) is 0 Å². The van der Waals surface area contributed by atoms with Crippen molar-refractivity contribution >= 4 is 11.9 Å². The predicted octanol–water partition coefficient (Wildman–Crippen LogP) is 0.0378. The molecule has 0 spiro atoms. The predicted molar refractivity (Wildman–Crippen MR) is 52.4 cm³/mol. The van der Waals surface area contributed by atoms with Gasteiger partial charge >= 0.3 is 11.9 Å². The van der Waals surface area contributed by atoms with Crippen molar-refractivity contribution < 1.29 is 29.3 Å². The molecule has 0 aliphatic rings. The summed E-state index contributed by atoms with van der Waals surface area (Å²) in [6, 6.07) is 0. The van der Waals surface area contributed by atoms with E-state index in [-0.39, 0.29) is 19.4 Å². The number of carbonyl (C=O) groups is 2. The number of ether oxygens (including phenoxy) is 2. The summed E-state index contributed by atoms with van der Waals surface area (Å²) >= 11 is 0. The van der Waals surface area contributed by atoms with Gasteiger partial charge in [0.25, 0.3) is 0 Å². The first kappa shape index (κ1) is 16.3. The molecule has 0 aromatic rings. The molecule has 0 fully saturated rings. The smallest absolute Gasteiger partial charge is 0.303 e. The average molecular weight is 222 g/mol. The first-order valence-corrected chi connectivity index (χ1v) is 4.37. The number of esters is 1. The van der Waals surface area contributed by atoms with Crippen LogP contribution in [0.1, 0.15) is 19.8 Å². The van der Waals surface area contributed by atoms with E-state index >= 15 is 0 Å². The van der Waals surface area contributed by atoms with Crippen molar-refractivity contribution in [1.29, 1.82) is 0 Å². The largest absolute Gasteiger partial charge is 0.481 e. The molecule has 90 valence electrons. The van der Waals surface area contributed by atoms with E-state index < -0.39 is 18.0 Å². The van der Waals surface area contributed by atoms with Gasteiger partial charge in [0.2, 0.25) is 0 Å². The van der Waals surface area contributed by atoms with Crippen LogP contribution in [-0.2, 0) is 19.1 Å². The number of methoxy groups -OCH3 is 1. The van der Waals surface area contributed by atoms with Gasteiger partial charge in [-0.2, -0.15) is 0 Å². The highest BCUT2D eigenvalue weighted by atomic mass is 16.5. The van der Waals surface area contributed by atoms with E-state index in [1.807, 2.05) is 0 Å². The van der Waals surface area contributed by atoms with Gasteiger partial charge in [-0.3, -0.25) is 9.59 Å². The fourth-order valence-electron chi connectivity index (χ4n) is 0.587. The van der Waals surface area contributed by atoms with Crippen LogP contribution in [-0.4, -0.2) is 49.1 Å². The van der Waals surface area contributed by atoms with E-state index in [2.05, 4.69) is 9.47 Å². The summed E-state index contributed by atoms with van der Waals surface area (Å²) < 4.78 is 8.70. The van der Waals surface area contributed by atoms with Crippen LogP contribution in [0, 0.1) is 0 Å². The lowest BCUT2D eigenvalue weighted by molar-refractivity contribution is -0.144. The normalized spacial score (nSPS) is 10.9. The number of carbonyl (C=O) groups excluding carboxylic acids is 1. The molecule has 0 saturated heterocycles. The monoisotopic (exact) mass is 222 g/mol. The molecule has 0 aromatic carbocycles. The second-order valence-corrected chi connectivity index (χ2v) is 2.80. The molecule has 15 heavy (non-hydrogen) atoms. The van der Waals surface area contributed by atoms with Gasteiger partial charge in [0.1, 0.15) is 6.61 Å². The maximum Gasteiger partial charge on any atom is 0.303 e. The topological polar surface area (TPSA) is 93.1 Å². The Labute approximate surface area is 88.8 Å². The molecule has 6 nitrogen and oxygen atoms in total. The number of aliphatic hydroxyl groups excluding tert-OH is 1. The first-order valence-electron chi connectivity index (χ1n) is 4.37. The van der Waals surface area contributed by atoms with Crippen LogP contribution in [0.3, 0.4) is 0 Å². The molecule has 2 N–H and O–H groups in total. The highest BCUT2D eigenvalue weighted by Gasteiger charge is 2.08. The second kappa shape index (κ2) is 10.9. The van der Waals surface area contributed by atoms with Crippen LogP contribution in [0.2, 0.25) is 0 Å². The van der Waals surface area contributed by atoms with Crippen molar-refractivity contribution in [3.63, 3.8) is 0 Å². The Kier molecular flexibility index (Phi) is 11.9. The third-order valence-electron chi connectivity index (χ3n) is 1.17. The van der Waals surface area contributed by atoms with E-state index in [9.17, 15) is 9.59 Å². The number of carboxylic acid groups (broad SMARTS) is 1. The molecule has 1 unspecified atom stereocenters. The van der Waals surface area contributed by atoms with E-state index in [0.29, 0.717) is 0 Å². The first-order chi connectivity index (χ1) is 6.93. The molecular weight excluding hydrogens is 204 g/mol. The van der Waals surface area contributed by atoms with Gasteiger partial charge in [0.05, 0.1) is 6.10 Å². The van der Waals surface area contributed by atoms with E-state index in [0.717, 1.165) is 0 Å². The fourth-order valence-corrected chi connectivity index (χ4v) is 0.587. The lowest BCUT2D eigenvalue weighted by Gasteiger charge is -2.07. The van der Waals surface area contributed by atoms with Crippen LogP contribution in [0.15, 0.2) is 0 Å². The Morgan fingerprint density at radius 1 is 1.33 bits per heavy atom. The number of rotatable bonds is 5. The van der Waals surface area contributed by atoms with Crippen molar-refractivity contribution in [2.24, 2.45) is 0 Å². The number of hydrogen-bond donors (Lipinski definition) is 2. The summed E-state index contributed by atoms with van der Waals surface area (Å²) in [6.45, 7) is 1.09. The molecule has 0 saturated carbocycles. The maximum atomic E-state index is 10.2. The summed E-state index contributed by atoms with van der Waals surface area (Å²) in [7, 11) is 3.25. The zero-order valence-corrected chi connectivity index (χ0v) is 9.23. The Morgan fingerprint density at radius 2 is 1.80 bits per heavy atom. The number of carboxylic acids is 1. The maximum absolute atomic E-state index is 10.2. The lowest BCUT2D eigenvalue weighted by Crippen LogP contribution is -2.18. The molecule has 0 heterocycles. The Bertz CT molecular complexity index is 161. The van der Waals surface area contributed by atoms with Gasteiger partial charge < -0.3 is 19.7 Å². The summed E-state index contributed by atoms with van der Waals surface area (Å²) in [6.07, 6.45) is -0.907. The standard InChI is InChI=1S/C7H12O5.C2H6O/c1-5(8)12-4-6(9)2-3-7(10)11;1-3-2/h6,9H,2-4H2,1H3,(H,10,11);1-2H3. The van der Waals surface area contributed by atoms with Gasteiger partial charge in [0.15, 0.2) is 0 Å². The Morgan fingerprint density at radius 3 is 2.13 bits per heavy atom. The number of hydrogen-bond acceptors (Lipinski definition) is 5. The average Bonchev–Trinajstić information content (AvgIpc) is 2.12. The van der Waals surface area contributed by atoms with Crippen molar-refractivity contribution in [2.45, 2.75) is 25.9 Å². The molecule has 0 aromatic heterocycles. The van der Waals surface area contributed by atoms with Crippen molar-refractivity contribution in [2.75, 3.05) is 20.8 Å². The molecule has 0 aliphatic carbocycles.